The first-order valence-corrected chi connectivity index (χ1v) is 12.6. The van der Waals surface area contributed by atoms with Gasteiger partial charge in [0, 0.05) is 0 Å². The molecule has 0 bridgehead atoms. The predicted molar refractivity (Wildman–Crippen MR) is 118 cm³/mol. The molecular weight excluding hydrogens is 428 g/mol. The third-order valence-electron chi connectivity index (χ3n) is 4.74. The molecule has 2 N–H and O–H groups in total. The van der Waals surface area contributed by atoms with E-state index in [2.05, 4.69) is 9.44 Å². The van der Waals surface area contributed by atoms with Crippen molar-refractivity contribution in [3.63, 3.8) is 0 Å². The zero-order chi connectivity index (χ0) is 21.4. The van der Waals surface area contributed by atoms with Gasteiger partial charge < -0.3 is 0 Å². The Balaban J connectivity index is 2.02. The summed E-state index contributed by atoms with van der Waals surface area (Å²) in [6, 6.07) is 11.4. The average Bonchev–Trinajstić information content (AvgIpc) is 3.17. The molecule has 0 aliphatic heterocycles. The van der Waals surface area contributed by atoms with Crippen LogP contribution < -0.4 is 9.44 Å². The van der Waals surface area contributed by atoms with Crippen LogP contribution in [0.5, 0.6) is 0 Å². The van der Waals surface area contributed by atoms with Gasteiger partial charge in [-0.1, -0.05) is 24.3 Å². The minimum absolute atomic E-state index is 0.149. The summed E-state index contributed by atoms with van der Waals surface area (Å²) in [6.45, 7) is 7.26. The lowest BCUT2D eigenvalue weighted by Gasteiger charge is -2.18. The largest absolute Gasteiger partial charge is 0.277 e. The quantitative estimate of drug-likeness (QED) is 0.575. The van der Waals surface area contributed by atoms with Crippen molar-refractivity contribution in [3.8, 4) is 0 Å². The Morgan fingerprint density at radius 1 is 0.724 bits per heavy atom. The molecule has 1 heterocycles. The topological polar surface area (TPSA) is 92.3 Å². The second-order valence-electron chi connectivity index (χ2n) is 6.78. The second kappa shape index (κ2) is 7.81. The van der Waals surface area contributed by atoms with Crippen LogP contribution in [0.25, 0.3) is 0 Å². The number of benzene rings is 2. The Morgan fingerprint density at radius 3 is 1.72 bits per heavy atom. The molecule has 154 valence electrons. The molecular formula is C20H22N2O4S3. The van der Waals surface area contributed by atoms with E-state index < -0.39 is 20.0 Å². The zero-order valence-electron chi connectivity index (χ0n) is 16.5. The van der Waals surface area contributed by atoms with Crippen LogP contribution in [0.15, 0.2) is 56.9 Å². The van der Waals surface area contributed by atoms with Crippen LogP contribution in [-0.2, 0) is 20.0 Å². The zero-order valence-corrected chi connectivity index (χ0v) is 18.9. The Labute approximate surface area is 175 Å². The average molecular weight is 451 g/mol. The standard InChI is InChI=1S/C20H22N2O4S3/c1-13-12-14(2)16(4)20(15(13)3)29(25,26)22-18-9-6-5-8-17(18)21-28(23,24)19-10-7-11-27-19/h5-12,21-22H,1-4H3. The Hall–Kier alpha value is -2.36. The smallest absolute Gasteiger partial charge is 0.271 e. The molecule has 0 radical (unpaired) electrons. The van der Waals surface area contributed by atoms with Gasteiger partial charge >= 0.3 is 0 Å². The van der Waals surface area contributed by atoms with Crippen molar-refractivity contribution in [1.29, 1.82) is 0 Å². The Kier molecular flexibility index (Phi) is 5.75. The maximum absolute atomic E-state index is 13.2. The first-order chi connectivity index (χ1) is 13.5. The highest BCUT2D eigenvalue weighted by atomic mass is 32.2. The maximum Gasteiger partial charge on any atom is 0.271 e. The number of sulfonamides is 2. The van der Waals surface area contributed by atoms with Crippen LogP contribution >= 0.6 is 11.3 Å². The van der Waals surface area contributed by atoms with Gasteiger partial charge in [0.05, 0.1) is 16.3 Å². The highest BCUT2D eigenvalue weighted by Gasteiger charge is 2.24. The highest BCUT2D eigenvalue weighted by molar-refractivity contribution is 7.94. The molecule has 0 saturated carbocycles. The van der Waals surface area contributed by atoms with Crippen LogP contribution in [-0.4, -0.2) is 16.8 Å². The van der Waals surface area contributed by atoms with Crippen molar-refractivity contribution in [2.24, 2.45) is 0 Å². The molecule has 29 heavy (non-hydrogen) atoms. The number of thiophene rings is 1. The predicted octanol–water partition coefficient (Wildman–Crippen LogP) is 4.58. The number of para-hydroxylation sites is 2. The van der Waals surface area contributed by atoms with Gasteiger partial charge in [0.1, 0.15) is 4.21 Å². The van der Waals surface area contributed by atoms with Crippen molar-refractivity contribution in [3.05, 3.63) is 70.1 Å². The Bertz CT molecular complexity index is 1240. The van der Waals surface area contributed by atoms with Crippen LogP contribution in [0.3, 0.4) is 0 Å². The van der Waals surface area contributed by atoms with Gasteiger partial charge in [-0.25, -0.2) is 16.8 Å². The number of hydrogen-bond acceptors (Lipinski definition) is 5. The summed E-state index contributed by atoms with van der Waals surface area (Å²) in [7, 11) is -7.74. The number of anilines is 2. The summed E-state index contributed by atoms with van der Waals surface area (Å²) in [5, 5.41) is 1.66. The number of rotatable bonds is 6. The van der Waals surface area contributed by atoms with E-state index in [0.29, 0.717) is 11.1 Å². The van der Waals surface area contributed by atoms with E-state index in [0.717, 1.165) is 22.5 Å². The normalized spacial score (nSPS) is 12.0. The lowest BCUT2D eigenvalue weighted by Crippen LogP contribution is -2.19. The third-order valence-corrected chi connectivity index (χ3v) is 9.14. The lowest BCUT2D eigenvalue weighted by molar-refractivity contribution is 0.598. The Morgan fingerprint density at radius 2 is 1.24 bits per heavy atom. The van der Waals surface area contributed by atoms with Crippen molar-refractivity contribution in [2.45, 2.75) is 36.8 Å². The van der Waals surface area contributed by atoms with Crippen LogP contribution in [0.2, 0.25) is 0 Å². The number of hydrogen-bond donors (Lipinski definition) is 2. The SMILES string of the molecule is Cc1cc(C)c(C)c(S(=O)(=O)Nc2ccccc2NS(=O)(=O)c2cccs2)c1C. The molecule has 9 heteroatoms. The van der Waals surface area contributed by atoms with E-state index in [9.17, 15) is 16.8 Å². The van der Waals surface area contributed by atoms with Gasteiger partial charge in [-0.2, -0.15) is 0 Å². The summed E-state index contributed by atoms with van der Waals surface area (Å²) < 4.78 is 56.7. The van der Waals surface area contributed by atoms with E-state index in [4.69, 9.17) is 0 Å². The van der Waals surface area contributed by atoms with Crippen LogP contribution in [0.1, 0.15) is 22.3 Å². The number of nitrogens with one attached hydrogen (secondary N) is 2. The minimum atomic E-state index is -3.93. The van der Waals surface area contributed by atoms with Gasteiger partial charge in [-0.15, -0.1) is 11.3 Å². The lowest BCUT2D eigenvalue weighted by atomic mass is 10.0. The molecule has 3 rings (SSSR count). The van der Waals surface area contributed by atoms with E-state index in [-0.39, 0.29) is 20.5 Å². The summed E-state index contributed by atoms with van der Waals surface area (Å²) in [5.74, 6) is 0. The monoisotopic (exact) mass is 450 g/mol. The molecule has 6 nitrogen and oxygen atoms in total. The third kappa shape index (κ3) is 4.31. The van der Waals surface area contributed by atoms with Crippen molar-refractivity contribution < 1.29 is 16.8 Å². The fourth-order valence-electron chi connectivity index (χ4n) is 3.05. The van der Waals surface area contributed by atoms with E-state index in [1.165, 1.54) is 18.2 Å². The molecule has 0 aliphatic rings. The van der Waals surface area contributed by atoms with Crippen LogP contribution in [0.4, 0.5) is 11.4 Å². The van der Waals surface area contributed by atoms with Crippen molar-refractivity contribution in [1.82, 2.24) is 0 Å². The first kappa shape index (κ1) is 21.4. The second-order valence-corrected chi connectivity index (χ2v) is 11.3. The van der Waals surface area contributed by atoms with E-state index in [1.54, 1.807) is 37.4 Å². The molecule has 0 fully saturated rings. The molecule has 0 aliphatic carbocycles. The van der Waals surface area contributed by atoms with Crippen LogP contribution in [0, 0.1) is 27.7 Å². The fraction of sp³-hybridized carbons (Fsp3) is 0.200. The van der Waals surface area contributed by atoms with Gasteiger partial charge in [0.25, 0.3) is 20.0 Å². The molecule has 3 aromatic rings. The highest BCUT2D eigenvalue weighted by Crippen LogP contribution is 2.31. The van der Waals surface area contributed by atoms with Gasteiger partial charge in [0.15, 0.2) is 0 Å². The maximum atomic E-state index is 13.2. The molecule has 1 aromatic heterocycles. The first-order valence-electron chi connectivity index (χ1n) is 8.78. The summed E-state index contributed by atoms with van der Waals surface area (Å²) in [5.41, 5.74) is 3.39. The van der Waals surface area contributed by atoms with Crippen molar-refractivity contribution >= 4 is 42.8 Å². The summed E-state index contributed by atoms with van der Waals surface area (Å²) in [6.07, 6.45) is 0. The summed E-state index contributed by atoms with van der Waals surface area (Å²) in [4.78, 5) is 0.214. The molecule has 0 spiro atoms. The van der Waals surface area contributed by atoms with E-state index in [1.807, 2.05) is 19.9 Å². The molecule has 0 atom stereocenters. The minimum Gasteiger partial charge on any atom is -0.277 e. The molecule has 0 saturated heterocycles. The summed E-state index contributed by atoms with van der Waals surface area (Å²) >= 11 is 1.08. The van der Waals surface area contributed by atoms with E-state index >= 15 is 0 Å². The van der Waals surface area contributed by atoms with Crippen molar-refractivity contribution in [2.75, 3.05) is 9.44 Å². The van der Waals surface area contributed by atoms with Gasteiger partial charge in [0.2, 0.25) is 0 Å². The fourth-order valence-corrected chi connectivity index (χ4v) is 6.82. The number of aryl methyl sites for hydroxylation is 2. The molecule has 2 aromatic carbocycles. The molecule has 0 unspecified atom stereocenters. The molecule has 0 amide bonds. The van der Waals surface area contributed by atoms with Gasteiger partial charge in [-0.3, -0.25) is 9.44 Å². The van der Waals surface area contributed by atoms with Gasteiger partial charge in [-0.05, 0) is 73.5 Å².